The van der Waals surface area contributed by atoms with Gasteiger partial charge in [-0.25, -0.2) is 0 Å². The summed E-state index contributed by atoms with van der Waals surface area (Å²) in [6, 6.07) is 8.79. The van der Waals surface area contributed by atoms with Gasteiger partial charge in [-0.2, -0.15) is 0 Å². The van der Waals surface area contributed by atoms with Crippen LogP contribution in [0.5, 0.6) is 0 Å². The molecule has 0 amide bonds. The molecule has 0 bridgehead atoms. The summed E-state index contributed by atoms with van der Waals surface area (Å²) in [7, 11) is 0. The Kier molecular flexibility index (Phi) is 8.25. The van der Waals surface area contributed by atoms with E-state index in [1.165, 1.54) is 22.3 Å². The molecular formula is C22H32N2. The van der Waals surface area contributed by atoms with Crippen molar-refractivity contribution >= 4 is 11.3 Å². The van der Waals surface area contributed by atoms with Gasteiger partial charge >= 0.3 is 0 Å². The van der Waals surface area contributed by atoms with Crippen LogP contribution in [0, 0.1) is 0 Å². The van der Waals surface area contributed by atoms with Gasteiger partial charge in [0.25, 0.3) is 0 Å². The van der Waals surface area contributed by atoms with Crippen molar-refractivity contribution in [3.63, 3.8) is 0 Å². The zero-order valence-electron chi connectivity index (χ0n) is 16.1. The number of aliphatic imine (C=N–C) groups is 1. The van der Waals surface area contributed by atoms with E-state index in [1.54, 1.807) is 6.20 Å². The van der Waals surface area contributed by atoms with Crippen molar-refractivity contribution in [1.82, 2.24) is 0 Å². The van der Waals surface area contributed by atoms with E-state index in [0.717, 1.165) is 24.1 Å². The second-order valence-corrected chi connectivity index (χ2v) is 5.93. The van der Waals surface area contributed by atoms with Crippen molar-refractivity contribution in [2.24, 2.45) is 10.7 Å². The second-order valence-electron chi connectivity index (χ2n) is 5.93. The summed E-state index contributed by atoms with van der Waals surface area (Å²) in [6.07, 6.45) is 7.97. The molecule has 0 saturated heterocycles. The summed E-state index contributed by atoms with van der Waals surface area (Å²) in [5.74, 6) is 0. The first kappa shape index (κ1) is 20.0. The van der Waals surface area contributed by atoms with Gasteiger partial charge in [0, 0.05) is 17.5 Å². The minimum atomic E-state index is 0.102. The van der Waals surface area contributed by atoms with Crippen LogP contribution in [-0.2, 0) is 0 Å². The van der Waals surface area contributed by atoms with Gasteiger partial charge < -0.3 is 5.73 Å². The molecule has 0 spiro atoms. The molecule has 1 rings (SSSR count). The summed E-state index contributed by atoms with van der Waals surface area (Å²) >= 11 is 0. The predicted molar refractivity (Wildman–Crippen MR) is 108 cm³/mol. The number of rotatable bonds is 7. The van der Waals surface area contributed by atoms with Crippen molar-refractivity contribution in [2.75, 3.05) is 0 Å². The van der Waals surface area contributed by atoms with Crippen LogP contribution < -0.4 is 5.73 Å². The number of nitrogens with zero attached hydrogens (tertiary/aromatic N) is 1. The van der Waals surface area contributed by atoms with E-state index in [9.17, 15) is 0 Å². The average Bonchev–Trinajstić information content (AvgIpc) is 2.60. The van der Waals surface area contributed by atoms with E-state index in [2.05, 4.69) is 64.1 Å². The zero-order valence-corrected chi connectivity index (χ0v) is 16.1. The molecule has 1 atom stereocenters. The molecule has 0 aliphatic carbocycles. The fraction of sp³-hybridized carbons (Fsp3) is 0.409. The van der Waals surface area contributed by atoms with E-state index in [0.29, 0.717) is 0 Å². The molecule has 1 aromatic carbocycles. The van der Waals surface area contributed by atoms with E-state index in [1.807, 2.05) is 13.8 Å². The molecule has 130 valence electrons. The van der Waals surface area contributed by atoms with Crippen LogP contribution in [-0.4, -0.2) is 5.71 Å². The molecule has 0 radical (unpaired) electrons. The molecule has 24 heavy (non-hydrogen) atoms. The first-order chi connectivity index (χ1) is 11.5. The fourth-order valence-corrected chi connectivity index (χ4v) is 3.02. The van der Waals surface area contributed by atoms with Gasteiger partial charge in [0.15, 0.2) is 0 Å². The topological polar surface area (TPSA) is 38.4 Å². The number of nitrogens with two attached hydrogens (primary N) is 1. The Morgan fingerprint density at radius 2 is 1.88 bits per heavy atom. The van der Waals surface area contributed by atoms with Gasteiger partial charge in [0.05, 0.1) is 6.04 Å². The maximum Gasteiger partial charge on any atom is 0.0724 e. The highest BCUT2D eigenvalue weighted by Gasteiger charge is 2.10. The first-order valence-corrected chi connectivity index (χ1v) is 8.89. The van der Waals surface area contributed by atoms with E-state index in [4.69, 9.17) is 10.7 Å². The van der Waals surface area contributed by atoms with Gasteiger partial charge in [-0.15, -0.1) is 0 Å². The summed E-state index contributed by atoms with van der Waals surface area (Å²) in [4.78, 5) is 4.90. The van der Waals surface area contributed by atoms with Crippen molar-refractivity contribution in [3.05, 3.63) is 64.9 Å². The molecule has 2 nitrogen and oxygen atoms in total. The standard InChI is InChI=1S/C22H32N2/c1-7-18(8-2)21-13-11-12-20(14-21)16(5)24-17(6)22(15-23)19(9-3)10-4/h7,9,11-16H,8,10,23H2,1-6H3/b18-7+,19-9+,22-15+,24-17-. The summed E-state index contributed by atoms with van der Waals surface area (Å²) in [6.45, 7) is 12.7. The van der Waals surface area contributed by atoms with Crippen LogP contribution in [0.1, 0.15) is 71.6 Å². The maximum atomic E-state index is 5.85. The summed E-state index contributed by atoms with van der Waals surface area (Å²) in [5.41, 5.74) is 13.0. The SMILES string of the molecule is C/C=C(CC)/C(=C/N)C(/C)=N\C(C)c1cccc(/C(=C/C)CC)c1. The van der Waals surface area contributed by atoms with Gasteiger partial charge in [0.2, 0.25) is 0 Å². The normalized spacial score (nSPS) is 15.6. The van der Waals surface area contributed by atoms with Crippen LogP contribution in [0.25, 0.3) is 5.57 Å². The number of allylic oxidation sites excluding steroid dienone is 5. The first-order valence-electron chi connectivity index (χ1n) is 8.89. The highest BCUT2D eigenvalue weighted by Crippen LogP contribution is 2.25. The Labute approximate surface area is 147 Å². The quantitative estimate of drug-likeness (QED) is 0.469. The Morgan fingerprint density at radius 3 is 2.38 bits per heavy atom. The molecular weight excluding hydrogens is 292 g/mol. The number of hydrogen-bond donors (Lipinski definition) is 1. The van der Waals surface area contributed by atoms with Crippen molar-refractivity contribution in [1.29, 1.82) is 0 Å². The van der Waals surface area contributed by atoms with E-state index in [-0.39, 0.29) is 6.04 Å². The van der Waals surface area contributed by atoms with Crippen molar-refractivity contribution in [3.8, 4) is 0 Å². The van der Waals surface area contributed by atoms with Gasteiger partial charge in [-0.05, 0) is 68.9 Å². The molecule has 2 heteroatoms. The van der Waals surface area contributed by atoms with Gasteiger partial charge in [0.1, 0.15) is 0 Å². The Hall–Kier alpha value is -2.09. The average molecular weight is 325 g/mol. The summed E-state index contributed by atoms with van der Waals surface area (Å²) in [5, 5.41) is 0. The van der Waals surface area contributed by atoms with Crippen LogP contribution in [0.3, 0.4) is 0 Å². The zero-order chi connectivity index (χ0) is 18.1. The number of hydrogen-bond acceptors (Lipinski definition) is 2. The minimum absolute atomic E-state index is 0.102. The predicted octanol–water partition coefficient (Wildman–Crippen LogP) is 6.22. The van der Waals surface area contributed by atoms with Crippen molar-refractivity contribution < 1.29 is 0 Å². The third kappa shape index (κ3) is 4.95. The monoisotopic (exact) mass is 324 g/mol. The lowest BCUT2D eigenvalue weighted by Gasteiger charge is -2.14. The third-order valence-corrected chi connectivity index (χ3v) is 4.49. The van der Waals surface area contributed by atoms with Crippen molar-refractivity contribution in [2.45, 2.75) is 60.4 Å². The van der Waals surface area contributed by atoms with Crippen LogP contribution in [0.4, 0.5) is 0 Å². The molecule has 0 heterocycles. The van der Waals surface area contributed by atoms with Gasteiger partial charge in [-0.1, -0.05) is 44.2 Å². The third-order valence-electron chi connectivity index (χ3n) is 4.49. The minimum Gasteiger partial charge on any atom is -0.404 e. The molecule has 1 unspecified atom stereocenters. The maximum absolute atomic E-state index is 5.85. The Morgan fingerprint density at radius 1 is 1.17 bits per heavy atom. The number of benzene rings is 1. The Bertz CT molecular complexity index is 660. The summed E-state index contributed by atoms with van der Waals surface area (Å²) < 4.78 is 0. The fourth-order valence-electron chi connectivity index (χ4n) is 3.02. The lowest BCUT2D eigenvalue weighted by molar-refractivity contribution is 0.818. The highest BCUT2D eigenvalue weighted by molar-refractivity contribution is 6.02. The van der Waals surface area contributed by atoms with E-state index >= 15 is 0 Å². The highest BCUT2D eigenvalue weighted by atomic mass is 14.8. The molecule has 0 fully saturated rings. The second kappa shape index (κ2) is 9.92. The molecule has 2 N–H and O–H groups in total. The van der Waals surface area contributed by atoms with Crippen LogP contribution in [0.15, 0.2) is 58.8 Å². The molecule has 0 aliphatic rings. The Balaban J connectivity index is 3.14. The van der Waals surface area contributed by atoms with Crippen LogP contribution >= 0.6 is 0 Å². The molecule has 0 aliphatic heterocycles. The lowest BCUT2D eigenvalue weighted by atomic mass is 9.97. The lowest BCUT2D eigenvalue weighted by Crippen LogP contribution is -2.06. The molecule has 0 aromatic heterocycles. The smallest absolute Gasteiger partial charge is 0.0724 e. The molecule has 1 aromatic rings. The van der Waals surface area contributed by atoms with Crippen LogP contribution in [0.2, 0.25) is 0 Å². The largest absolute Gasteiger partial charge is 0.404 e. The van der Waals surface area contributed by atoms with Gasteiger partial charge in [-0.3, -0.25) is 4.99 Å². The van der Waals surface area contributed by atoms with E-state index < -0.39 is 0 Å². The molecule has 0 saturated carbocycles.